The van der Waals surface area contributed by atoms with Crippen LogP contribution in [0.25, 0.3) is 0 Å². The molecule has 0 spiro atoms. The number of nitrogens with zero attached hydrogens (tertiary/aromatic N) is 2. The fourth-order valence-electron chi connectivity index (χ4n) is 4.23. The van der Waals surface area contributed by atoms with E-state index < -0.39 is 0 Å². The number of carbonyl (C=O) groups is 2. The first kappa shape index (κ1) is 27.1. The Balaban J connectivity index is 1.35. The van der Waals surface area contributed by atoms with Gasteiger partial charge >= 0.3 is 0 Å². The molecule has 0 aliphatic carbocycles. The van der Waals surface area contributed by atoms with E-state index >= 15 is 0 Å². The molecule has 0 bridgehead atoms. The molecule has 3 aromatic carbocycles. The van der Waals surface area contributed by atoms with E-state index in [1.54, 1.807) is 24.3 Å². The van der Waals surface area contributed by atoms with E-state index in [1.807, 2.05) is 41.3 Å². The quantitative estimate of drug-likeness (QED) is 0.396. The van der Waals surface area contributed by atoms with Crippen molar-refractivity contribution in [1.82, 2.24) is 4.90 Å². The molecule has 0 unspecified atom stereocenters. The second-order valence-corrected chi connectivity index (χ2v) is 9.28. The SMILES string of the molecule is CCCOc1ccc(C(=O)N2CCN(c3ccc(NC(=O)c4cc(OC)cc(OC)c4)cc3Cl)CC2)cc1. The Morgan fingerprint density at radius 1 is 0.842 bits per heavy atom. The lowest BCUT2D eigenvalue weighted by Gasteiger charge is -2.36. The first-order valence-corrected chi connectivity index (χ1v) is 12.9. The molecular formula is C29H32ClN3O5. The van der Waals surface area contributed by atoms with Gasteiger partial charge in [0, 0.05) is 49.1 Å². The van der Waals surface area contributed by atoms with E-state index in [4.69, 9.17) is 25.8 Å². The monoisotopic (exact) mass is 537 g/mol. The summed E-state index contributed by atoms with van der Waals surface area (Å²) in [5.41, 5.74) is 2.49. The third-order valence-electron chi connectivity index (χ3n) is 6.30. The molecule has 0 aromatic heterocycles. The van der Waals surface area contributed by atoms with E-state index in [9.17, 15) is 9.59 Å². The highest BCUT2D eigenvalue weighted by Gasteiger charge is 2.23. The van der Waals surface area contributed by atoms with Crippen molar-refractivity contribution in [2.24, 2.45) is 0 Å². The van der Waals surface area contributed by atoms with Crippen LogP contribution in [0.1, 0.15) is 34.1 Å². The van der Waals surface area contributed by atoms with Gasteiger partial charge in [-0.2, -0.15) is 0 Å². The van der Waals surface area contributed by atoms with Crippen molar-refractivity contribution in [2.45, 2.75) is 13.3 Å². The lowest BCUT2D eigenvalue weighted by atomic mass is 10.1. The van der Waals surface area contributed by atoms with E-state index in [-0.39, 0.29) is 11.8 Å². The summed E-state index contributed by atoms with van der Waals surface area (Å²) < 4.78 is 16.1. The summed E-state index contributed by atoms with van der Waals surface area (Å²) in [5, 5.41) is 3.39. The van der Waals surface area contributed by atoms with Gasteiger partial charge in [-0.15, -0.1) is 0 Å². The van der Waals surface area contributed by atoms with Gasteiger partial charge in [-0.1, -0.05) is 18.5 Å². The molecule has 0 atom stereocenters. The maximum Gasteiger partial charge on any atom is 0.255 e. The van der Waals surface area contributed by atoms with Crippen LogP contribution >= 0.6 is 11.6 Å². The maximum absolute atomic E-state index is 13.0. The average molecular weight is 538 g/mol. The van der Waals surface area contributed by atoms with E-state index in [0.29, 0.717) is 66.1 Å². The molecule has 1 saturated heterocycles. The van der Waals surface area contributed by atoms with Gasteiger partial charge in [-0.05, 0) is 61.0 Å². The smallest absolute Gasteiger partial charge is 0.255 e. The third-order valence-corrected chi connectivity index (χ3v) is 6.60. The predicted octanol–water partition coefficient (Wildman–Crippen LogP) is 5.36. The number of nitrogens with one attached hydrogen (secondary N) is 1. The largest absolute Gasteiger partial charge is 0.497 e. The van der Waals surface area contributed by atoms with Crippen LogP contribution in [-0.2, 0) is 0 Å². The molecule has 1 fully saturated rings. The standard InChI is InChI=1S/C29H32ClN3O5/c1-4-15-38-23-8-5-20(6-9-23)29(35)33-13-11-32(12-14-33)27-10-7-22(18-26(27)30)31-28(34)21-16-24(36-2)19-25(17-21)37-3/h5-10,16-19H,4,11-15H2,1-3H3,(H,31,34). The van der Waals surface area contributed by atoms with Gasteiger partial charge in [-0.3, -0.25) is 9.59 Å². The zero-order chi connectivity index (χ0) is 27.1. The topological polar surface area (TPSA) is 80.3 Å². The molecule has 2 amide bonds. The number of benzene rings is 3. The van der Waals surface area contributed by atoms with Gasteiger partial charge in [-0.25, -0.2) is 0 Å². The molecule has 0 saturated carbocycles. The molecular weight excluding hydrogens is 506 g/mol. The van der Waals surface area contributed by atoms with Crippen molar-refractivity contribution in [2.75, 3.05) is 57.2 Å². The zero-order valence-electron chi connectivity index (χ0n) is 21.8. The number of carbonyl (C=O) groups excluding carboxylic acids is 2. The molecule has 1 heterocycles. The summed E-state index contributed by atoms with van der Waals surface area (Å²) >= 11 is 6.61. The number of anilines is 2. The Bertz CT molecular complexity index is 1250. The molecule has 1 N–H and O–H groups in total. The Morgan fingerprint density at radius 2 is 1.50 bits per heavy atom. The van der Waals surface area contributed by atoms with Gasteiger partial charge in [0.25, 0.3) is 11.8 Å². The van der Waals surface area contributed by atoms with Crippen LogP contribution in [0.15, 0.2) is 60.7 Å². The first-order valence-electron chi connectivity index (χ1n) is 12.5. The highest BCUT2D eigenvalue weighted by atomic mass is 35.5. The molecule has 1 aliphatic heterocycles. The van der Waals surface area contributed by atoms with Crippen LogP contribution in [-0.4, -0.2) is 63.7 Å². The minimum atomic E-state index is -0.303. The predicted molar refractivity (Wildman–Crippen MR) is 149 cm³/mol. The second kappa shape index (κ2) is 12.6. The van der Waals surface area contributed by atoms with Gasteiger partial charge in [0.05, 0.1) is 31.5 Å². The number of ether oxygens (including phenoxy) is 3. The van der Waals surface area contributed by atoms with Gasteiger partial charge in [0.2, 0.25) is 0 Å². The number of halogens is 1. The summed E-state index contributed by atoms with van der Waals surface area (Å²) in [5.74, 6) is 1.52. The van der Waals surface area contributed by atoms with Crippen molar-refractivity contribution < 1.29 is 23.8 Å². The van der Waals surface area contributed by atoms with Crippen LogP contribution < -0.4 is 24.4 Å². The van der Waals surface area contributed by atoms with Gasteiger partial charge < -0.3 is 29.3 Å². The lowest BCUT2D eigenvalue weighted by Crippen LogP contribution is -2.48. The summed E-state index contributed by atoms with van der Waals surface area (Å²) in [4.78, 5) is 29.8. The summed E-state index contributed by atoms with van der Waals surface area (Å²) in [6.07, 6.45) is 0.936. The fraction of sp³-hybridized carbons (Fsp3) is 0.310. The molecule has 8 nitrogen and oxygen atoms in total. The maximum atomic E-state index is 13.0. The second-order valence-electron chi connectivity index (χ2n) is 8.87. The molecule has 4 rings (SSSR count). The Hall–Kier alpha value is -3.91. The molecule has 1 aliphatic rings. The summed E-state index contributed by atoms with van der Waals surface area (Å²) in [6.45, 7) is 5.18. The van der Waals surface area contributed by atoms with Crippen molar-refractivity contribution in [1.29, 1.82) is 0 Å². The number of hydrogen-bond donors (Lipinski definition) is 1. The normalized spacial score (nSPS) is 13.2. The van der Waals surface area contributed by atoms with Crippen molar-refractivity contribution in [3.63, 3.8) is 0 Å². The molecule has 3 aromatic rings. The molecule has 0 radical (unpaired) electrons. The van der Waals surface area contributed by atoms with Crippen LogP contribution in [0.5, 0.6) is 17.2 Å². The fourth-order valence-corrected chi connectivity index (χ4v) is 4.53. The van der Waals surface area contributed by atoms with Crippen molar-refractivity contribution in [3.8, 4) is 17.2 Å². The van der Waals surface area contributed by atoms with Crippen molar-refractivity contribution >= 4 is 34.8 Å². The molecule has 38 heavy (non-hydrogen) atoms. The van der Waals surface area contributed by atoms with Crippen molar-refractivity contribution in [3.05, 3.63) is 76.8 Å². The van der Waals surface area contributed by atoms with Crippen LogP contribution in [0.2, 0.25) is 5.02 Å². The highest BCUT2D eigenvalue weighted by molar-refractivity contribution is 6.33. The number of methoxy groups -OCH3 is 2. The molecule has 9 heteroatoms. The average Bonchev–Trinajstić information content (AvgIpc) is 2.95. The lowest BCUT2D eigenvalue weighted by molar-refractivity contribution is 0.0746. The molecule has 200 valence electrons. The van der Waals surface area contributed by atoms with E-state index in [0.717, 1.165) is 17.9 Å². The third kappa shape index (κ3) is 6.50. The number of rotatable bonds is 9. The minimum Gasteiger partial charge on any atom is -0.497 e. The minimum absolute atomic E-state index is 0.00465. The number of amides is 2. The Kier molecular flexibility index (Phi) is 8.97. The summed E-state index contributed by atoms with van der Waals surface area (Å²) in [7, 11) is 3.07. The van der Waals surface area contributed by atoms with Crippen LogP contribution in [0, 0.1) is 0 Å². The first-order chi connectivity index (χ1) is 18.4. The number of hydrogen-bond acceptors (Lipinski definition) is 6. The highest BCUT2D eigenvalue weighted by Crippen LogP contribution is 2.31. The number of piperazine rings is 1. The van der Waals surface area contributed by atoms with Crippen LogP contribution in [0.3, 0.4) is 0 Å². The van der Waals surface area contributed by atoms with Crippen LogP contribution in [0.4, 0.5) is 11.4 Å². The van der Waals surface area contributed by atoms with E-state index in [2.05, 4.69) is 17.1 Å². The Labute approximate surface area is 228 Å². The van der Waals surface area contributed by atoms with E-state index in [1.165, 1.54) is 14.2 Å². The van der Waals surface area contributed by atoms with Gasteiger partial charge in [0.15, 0.2) is 0 Å². The zero-order valence-corrected chi connectivity index (χ0v) is 22.6. The van der Waals surface area contributed by atoms with Gasteiger partial charge in [0.1, 0.15) is 17.2 Å². The summed E-state index contributed by atoms with van der Waals surface area (Å²) in [6, 6.07) is 17.7. The Morgan fingerprint density at radius 3 is 2.08 bits per heavy atom.